The molecule has 0 spiro atoms. The predicted octanol–water partition coefficient (Wildman–Crippen LogP) is 6.26. The highest BCUT2D eigenvalue weighted by molar-refractivity contribution is 6.00. The summed E-state index contributed by atoms with van der Waals surface area (Å²) in [6.45, 7) is 12.8. The van der Waals surface area contributed by atoms with Gasteiger partial charge in [-0.3, -0.25) is 0 Å². The molecule has 2 heteroatoms. The van der Waals surface area contributed by atoms with Gasteiger partial charge in [-0.2, -0.15) is 0 Å². The van der Waals surface area contributed by atoms with Crippen molar-refractivity contribution in [1.82, 2.24) is 9.55 Å². The lowest BCUT2D eigenvalue weighted by Crippen LogP contribution is -2.01. The molecular weight excluding hydrogens is 316 g/mol. The molecular formula is C24H20N2. The van der Waals surface area contributed by atoms with Crippen LogP contribution in [0, 0.1) is 13.8 Å². The number of aromatic amines is 1. The zero-order chi connectivity index (χ0) is 18.0. The molecule has 4 aromatic rings. The fourth-order valence-electron chi connectivity index (χ4n) is 4.20. The SMILES string of the molecule is C=Cc1c(C)cc2n1-c1ccccc1-c1cc3[nH]cc(C)c3cc1C2=C. The molecule has 2 aromatic heterocycles. The summed E-state index contributed by atoms with van der Waals surface area (Å²) >= 11 is 0. The molecule has 26 heavy (non-hydrogen) atoms. The van der Waals surface area contributed by atoms with E-state index in [2.05, 4.69) is 85.2 Å². The number of nitrogens with one attached hydrogen (secondary N) is 1. The Kier molecular flexibility index (Phi) is 2.96. The minimum atomic E-state index is 1.05. The number of hydrogen-bond donors (Lipinski definition) is 1. The average molecular weight is 336 g/mol. The fraction of sp³-hybridized carbons (Fsp3) is 0.0833. The lowest BCUT2D eigenvalue weighted by molar-refractivity contribution is 1.04. The first kappa shape index (κ1) is 15.0. The van der Waals surface area contributed by atoms with Crippen LogP contribution in [0.3, 0.4) is 0 Å². The van der Waals surface area contributed by atoms with E-state index in [4.69, 9.17) is 0 Å². The molecule has 0 aliphatic carbocycles. The largest absolute Gasteiger partial charge is 0.361 e. The van der Waals surface area contributed by atoms with Gasteiger partial charge in [-0.25, -0.2) is 0 Å². The third kappa shape index (κ3) is 1.81. The zero-order valence-corrected chi connectivity index (χ0v) is 15.1. The first-order valence-corrected chi connectivity index (χ1v) is 8.86. The quantitative estimate of drug-likeness (QED) is 0.373. The van der Waals surface area contributed by atoms with E-state index < -0.39 is 0 Å². The van der Waals surface area contributed by atoms with Gasteiger partial charge in [-0.15, -0.1) is 0 Å². The van der Waals surface area contributed by atoms with E-state index in [1.165, 1.54) is 38.9 Å². The molecule has 1 aliphatic rings. The summed E-state index contributed by atoms with van der Waals surface area (Å²) in [5, 5.41) is 1.25. The van der Waals surface area contributed by atoms with E-state index in [0.717, 1.165) is 22.5 Å². The number of aromatic nitrogens is 2. The van der Waals surface area contributed by atoms with E-state index in [1.54, 1.807) is 0 Å². The Morgan fingerprint density at radius 1 is 0.962 bits per heavy atom. The Morgan fingerprint density at radius 2 is 1.77 bits per heavy atom. The zero-order valence-electron chi connectivity index (χ0n) is 15.1. The van der Waals surface area contributed by atoms with Crippen molar-refractivity contribution in [2.24, 2.45) is 0 Å². The van der Waals surface area contributed by atoms with Gasteiger partial charge in [0.15, 0.2) is 0 Å². The second-order valence-corrected chi connectivity index (χ2v) is 7.05. The highest BCUT2D eigenvalue weighted by atomic mass is 15.0. The number of hydrogen-bond acceptors (Lipinski definition) is 0. The Hall–Kier alpha value is -3.26. The van der Waals surface area contributed by atoms with Crippen LogP contribution in [-0.4, -0.2) is 9.55 Å². The molecule has 0 bridgehead atoms. The van der Waals surface area contributed by atoms with Crippen molar-refractivity contribution < 1.29 is 0 Å². The van der Waals surface area contributed by atoms with Crippen LogP contribution in [0.4, 0.5) is 0 Å². The molecule has 0 amide bonds. The molecule has 1 N–H and O–H groups in total. The normalized spacial score (nSPS) is 12.5. The van der Waals surface area contributed by atoms with Crippen molar-refractivity contribution in [2.45, 2.75) is 13.8 Å². The standard InChI is InChI=1S/C24H20N2/c1-5-22-14(2)10-24-16(4)19-11-18-15(3)13-25-21(18)12-20(19)17-8-6-7-9-23(17)26(22)24/h5-13,25H,1,4H2,2-3H3. The summed E-state index contributed by atoms with van der Waals surface area (Å²) in [4.78, 5) is 3.40. The van der Waals surface area contributed by atoms with Crippen molar-refractivity contribution >= 4 is 22.6 Å². The number of para-hydroxylation sites is 1. The Labute approximate surface area is 153 Å². The molecule has 2 nitrogen and oxygen atoms in total. The van der Waals surface area contributed by atoms with Crippen molar-refractivity contribution in [3.63, 3.8) is 0 Å². The Morgan fingerprint density at radius 3 is 2.58 bits per heavy atom. The van der Waals surface area contributed by atoms with Crippen LogP contribution in [0.25, 0.3) is 39.4 Å². The smallest absolute Gasteiger partial charge is 0.0540 e. The molecule has 0 atom stereocenters. The summed E-state index contributed by atoms with van der Waals surface area (Å²) in [5.41, 5.74) is 11.8. The first-order valence-electron chi connectivity index (χ1n) is 8.86. The van der Waals surface area contributed by atoms with Crippen LogP contribution in [0.15, 0.2) is 61.8 Å². The molecule has 0 saturated heterocycles. The van der Waals surface area contributed by atoms with Crippen LogP contribution < -0.4 is 0 Å². The van der Waals surface area contributed by atoms with Crippen LogP contribution in [0.2, 0.25) is 0 Å². The van der Waals surface area contributed by atoms with Crippen molar-refractivity contribution in [1.29, 1.82) is 0 Å². The summed E-state index contributed by atoms with van der Waals surface area (Å²) in [7, 11) is 0. The molecule has 2 aromatic carbocycles. The number of H-pyrrole nitrogens is 1. The molecule has 0 saturated carbocycles. The molecule has 1 aliphatic heterocycles. The van der Waals surface area contributed by atoms with Crippen LogP contribution in [0.1, 0.15) is 28.1 Å². The molecule has 126 valence electrons. The molecule has 0 unspecified atom stereocenters. The first-order chi connectivity index (χ1) is 12.6. The van der Waals surface area contributed by atoms with Crippen LogP contribution >= 0.6 is 0 Å². The van der Waals surface area contributed by atoms with Gasteiger partial charge >= 0.3 is 0 Å². The van der Waals surface area contributed by atoms with E-state index in [9.17, 15) is 0 Å². The van der Waals surface area contributed by atoms with E-state index in [0.29, 0.717) is 0 Å². The molecule has 0 radical (unpaired) electrons. The molecule has 5 rings (SSSR count). The van der Waals surface area contributed by atoms with Crippen molar-refractivity contribution in [3.8, 4) is 16.8 Å². The Bertz CT molecular complexity index is 1230. The van der Waals surface area contributed by atoms with Gasteiger partial charge in [0.05, 0.1) is 11.4 Å². The van der Waals surface area contributed by atoms with Gasteiger partial charge in [-0.1, -0.05) is 31.4 Å². The lowest BCUT2D eigenvalue weighted by atomic mass is 9.92. The maximum atomic E-state index is 4.48. The van der Waals surface area contributed by atoms with Gasteiger partial charge in [0, 0.05) is 28.4 Å². The number of rotatable bonds is 1. The molecule has 3 heterocycles. The summed E-state index contributed by atoms with van der Waals surface area (Å²) in [5.74, 6) is 0. The minimum Gasteiger partial charge on any atom is -0.361 e. The highest BCUT2D eigenvalue weighted by Gasteiger charge is 2.25. The number of aryl methyl sites for hydroxylation is 2. The van der Waals surface area contributed by atoms with Crippen molar-refractivity contribution in [3.05, 3.63) is 89.9 Å². The summed E-state index contributed by atoms with van der Waals surface area (Å²) in [6, 6.07) is 15.3. The maximum absolute atomic E-state index is 4.48. The third-order valence-corrected chi connectivity index (χ3v) is 5.53. The molecule has 0 fully saturated rings. The minimum absolute atomic E-state index is 1.05. The second-order valence-electron chi connectivity index (χ2n) is 7.05. The number of nitrogens with zero attached hydrogens (tertiary/aromatic N) is 1. The van der Waals surface area contributed by atoms with Gasteiger partial charge in [0.1, 0.15) is 0 Å². The monoisotopic (exact) mass is 336 g/mol. The summed E-state index contributed by atoms with van der Waals surface area (Å²) < 4.78 is 2.29. The topological polar surface area (TPSA) is 20.7 Å². The van der Waals surface area contributed by atoms with Gasteiger partial charge in [-0.05, 0) is 72.0 Å². The van der Waals surface area contributed by atoms with E-state index >= 15 is 0 Å². The number of benzene rings is 2. The van der Waals surface area contributed by atoms with Gasteiger partial charge in [0.2, 0.25) is 0 Å². The van der Waals surface area contributed by atoms with E-state index in [-0.39, 0.29) is 0 Å². The van der Waals surface area contributed by atoms with Gasteiger partial charge in [0.25, 0.3) is 0 Å². The predicted molar refractivity (Wildman–Crippen MR) is 111 cm³/mol. The number of fused-ring (bicyclic) bond motifs is 6. The maximum Gasteiger partial charge on any atom is 0.0540 e. The van der Waals surface area contributed by atoms with E-state index in [1.807, 2.05) is 6.08 Å². The Balaban J connectivity index is 1.98. The van der Waals surface area contributed by atoms with Gasteiger partial charge < -0.3 is 9.55 Å². The van der Waals surface area contributed by atoms with Crippen LogP contribution in [-0.2, 0) is 0 Å². The highest BCUT2D eigenvalue weighted by Crippen LogP contribution is 2.43. The lowest BCUT2D eigenvalue weighted by Gasteiger charge is -2.13. The third-order valence-electron chi connectivity index (χ3n) is 5.53. The van der Waals surface area contributed by atoms with Crippen LogP contribution in [0.5, 0.6) is 0 Å². The fourth-order valence-corrected chi connectivity index (χ4v) is 4.20. The average Bonchev–Trinajstić information content (AvgIpc) is 3.16. The second kappa shape index (κ2) is 5.12. The van der Waals surface area contributed by atoms with Crippen molar-refractivity contribution in [2.75, 3.05) is 0 Å². The summed E-state index contributed by atoms with van der Waals surface area (Å²) in [6.07, 6.45) is 4.01.